The van der Waals surface area contributed by atoms with Crippen molar-refractivity contribution in [2.45, 2.75) is 135 Å². The molecule has 0 atom stereocenters. The lowest BCUT2D eigenvalue weighted by molar-refractivity contribution is -0.107. The highest BCUT2D eigenvalue weighted by Gasteiger charge is 2.36. The van der Waals surface area contributed by atoms with E-state index in [9.17, 15) is 38.7 Å². The molecule has 0 unspecified atom stereocenters. The monoisotopic (exact) mass is 1480 g/mol. The van der Waals surface area contributed by atoms with Crippen molar-refractivity contribution in [3.05, 3.63) is 211 Å². The Morgan fingerprint density at radius 2 is 0.636 bits per heavy atom. The van der Waals surface area contributed by atoms with Gasteiger partial charge in [0.1, 0.15) is 68.4 Å². The van der Waals surface area contributed by atoms with Crippen LogP contribution in [0.2, 0.25) is 0 Å². The average Bonchev–Trinajstić information content (AvgIpc) is 1.67. The third kappa shape index (κ3) is 23.4. The number of carbonyl (C=O) groups excluding carboxylic acids is 6. The van der Waals surface area contributed by atoms with E-state index in [4.69, 9.17) is 64.7 Å². The molecule has 0 radical (unpaired) electrons. The van der Waals surface area contributed by atoms with E-state index in [1.807, 2.05) is 178 Å². The van der Waals surface area contributed by atoms with Crippen molar-refractivity contribution in [1.82, 2.24) is 29.7 Å². The Kier molecular flexibility index (Phi) is 26.6. The van der Waals surface area contributed by atoms with Gasteiger partial charge in [0.05, 0.1) is 0 Å². The quantitative estimate of drug-likeness (QED) is 0.0459. The van der Waals surface area contributed by atoms with E-state index >= 15 is 0 Å². The number of rotatable bonds is 16. The van der Waals surface area contributed by atoms with Crippen molar-refractivity contribution in [1.29, 1.82) is 0 Å². The van der Waals surface area contributed by atoms with Crippen molar-refractivity contribution >= 4 is 52.9 Å². The number of ether oxygens (including phenoxy) is 6. The molecule has 3 aromatic heterocycles. The number of primary amides is 2. The molecule has 12 rings (SSSR count). The molecule has 6 aromatic carbocycles. The zero-order valence-corrected chi connectivity index (χ0v) is 62.0. The van der Waals surface area contributed by atoms with Gasteiger partial charge < -0.3 is 72.9 Å². The fraction of sp³-hybridized carbons (Fsp3) is 0.333. The fourth-order valence-electron chi connectivity index (χ4n) is 11.4. The summed E-state index contributed by atoms with van der Waals surface area (Å²) in [6.07, 6.45) is 3.89. The molecule has 0 bridgehead atoms. The zero-order valence-electron chi connectivity index (χ0n) is 61.3. The van der Waals surface area contributed by atoms with Crippen LogP contribution in [0.25, 0.3) is 33.8 Å². The average molecular weight is 1480 g/mol. The number of amides is 5. The number of para-hydroxylation sites is 3. The first-order valence-electron chi connectivity index (χ1n) is 35.0. The molecule has 9 aromatic rings. The molecule has 3 aliphatic heterocycles. The van der Waals surface area contributed by atoms with Crippen LogP contribution in [-0.2, 0) is 19.0 Å². The van der Waals surface area contributed by atoms with Crippen LogP contribution in [-0.4, -0.2) is 132 Å². The fourth-order valence-corrected chi connectivity index (χ4v) is 11.4. The summed E-state index contributed by atoms with van der Waals surface area (Å²) < 4.78 is 51.1. The molecule has 562 valence electrons. The number of nitrogens with two attached hydrogens (primary N) is 2. The third-order valence-electron chi connectivity index (χ3n) is 16.5. The molecule has 25 nitrogen and oxygen atoms in total. The molecule has 5 amide bonds. The lowest BCUT2D eigenvalue weighted by Crippen LogP contribution is -2.41. The van der Waals surface area contributed by atoms with Gasteiger partial charge in [0.25, 0.3) is 11.8 Å². The summed E-state index contributed by atoms with van der Waals surface area (Å²) in [7, 11) is 0. The Bertz CT molecular complexity index is 4040. The van der Waals surface area contributed by atoms with Crippen molar-refractivity contribution in [3.8, 4) is 68.3 Å². The summed E-state index contributed by atoms with van der Waals surface area (Å²) in [6, 6.07) is 49.9. The minimum absolute atomic E-state index is 0.0220. The molecular formula is C81H89ClN8O17. The minimum atomic E-state index is -1.18. The van der Waals surface area contributed by atoms with Crippen LogP contribution in [0.4, 0.5) is 14.4 Å². The first-order chi connectivity index (χ1) is 50.8. The molecule has 26 heteroatoms. The second-order valence-electron chi connectivity index (χ2n) is 28.3. The molecule has 0 aliphatic carbocycles. The molecule has 3 aliphatic rings. The molecule has 3 saturated heterocycles. The lowest BCUT2D eigenvalue weighted by atomic mass is 9.97. The van der Waals surface area contributed by atoms with Crippen molar-refractivity contribution < 1.29 is 80.3 Å². The van der Waals surface area contributed by atoms with Crippen LogP contribution in [0.3, 0.4) is 0 Å². The highest BCUT2D eigenvalue weighted by atomic mass is 35.5. The third-order valence-corrected chi connectivity index (χ3v) is 16.7. The molecule has 0 saturated carbocycles. The normalized spacial score (nSPS) is 14.2. The van der Waals surface area contributed by atoms with E-state index < -0.39 is 39.8 Å². The molecular weight excluding hydrogens is 1390 g/mol. The molecule has 6 heterocycles. The number of aromatic carboxylic acids is 1. The molecule has 107 heavy (non-hydrogen) atoms. The number of nitrogens with zero attached hydrogens (tertiary/aromatic N) is 6. The van der Waals surface area contributed by atoms with Crippen molar-refractivity contribution in [2.24, 2.45) is 11.5 Å². The summed E-state index contributed by atoms with van der Waals surface area (Å²) in [6.45, 7) is 22.7. The number of hydrogen-bond donors (Lipinski definition) is 3. The number of allylic oxidation sites excluding steroid dienone is 1. The number of benzene rings is 6. The van der Waals surface area contributed by atoms with Crippen molar-refractivity contribution in [2.75, 3.05) is 39.3 Å². The summed E-state index contributed by atoms with van der Waals surface area (Å²) in [4.78, 5) is 101. The second kappa shape index (κ2) is 35.8. The van der Waals surface area contributed by atoms with Crippen molar-refractivity contribution in [3.63, 3.8) is 0 Å². The van der Waals surface area contributed by atoms with Gasteiger partial charge in [-0.2, -0.15) is 0 Å². The van der Waals surface area contributed by atoms with Gasteiger partial charge in [-0.25, -0.2) is 34.1 Å². The van der Waals surface area contributed by atoms with Gasteiger partial charge in [0.2, 0.25) is 22.5 Å². The van der Waals surface area contributed by atoms with Gasteiger partial charge in [-0.15, -0.1) is 0 Å². The first kappa shape index (κ1) is 79.4. The number of carboxylic acid groups (broad SMARTS) is 1. The smallest absolute Gasteiger partial charge is 0.410 e. The predicted octanol–water partition coefficient (Wildman–Crippen LogP) is 17.6. The Morgan fingerprint density at radius 1 is 0.411 bits per heavy atom. The Hall–Kier alpha value is -11.7. The zero-order chi connectivity index (χ0) is 77.2. The lowest BCUT2D eigenvalue weighted by Gasteiger charge is -2.32. The maximum absolute atomic E-state index is 12.3. The maximum Gasteiger partial charge on any atom is 0.410 e. The minimum Gasteiger partial charge on any atom is -0.475 e. The molecule has 5 N–H and O–H groups in total. The van der Waals surface area contributed by atoms with Crippen LogP contribution < -0.4 is 25.7 Å². The second-order valence-corrected chi connectivity index (χ2v) is 28.6. The number of oxazole rings is 3. The Labute approximate surface area is 625 Å². The van der Waals surface area contributed by atoms with Gasteiger partial charge in [-0.05, 0) is 228 Å². The summed E-state index contributed by atoms with van der Waals surface area (Å²) >= 11 is 4.71. The van der Waals surface area contributed by atoms with Crippen LogP contribution in [0.15, 0.2) is 190 Å². The van der Waals surface area contributed by atoms with E-state index in [0.29, 0.717) is 147 Å². The van der Waals surface area contributed by atoms with E-state index in [-0.39, 0.29) is 59.0 Å². The summed E-state index contributed by atoms with van der Waals surface area (Å²) in [5.74, 6) is 2.63. The SMILES string of the molecule is C=CC(=O)Cl.CC(C)(C)OC(=O)N1CCC(c2nc(-c3ccc(Oc4ccccc4)cc3)c(C(=O)O)o2)CC1.CC(C)(C)OC(=O)N1CCC(c2nc(-c3ccc(Oc4ccccc4)cc3)c(C(N)=O)o2)CC1.CC(C)(C)OC(=O)N1CCC(c2nc(-c3ccc(Oc4ccccc4)cc3)c(C(N)=O)o2)CC1. The van der Waals surface area contributed by atoms with Crippen LogP contribution in [0, 0.1) is 0 Å². The standard InChI is InChI=1S/2C26H29N3O5.C26H28N2O6.C3H3ClO/c2*1-26(2,3)34-25(31)29-15-13-18(14-16-29)24-28-21(22(33-24)23(27)30)17-9-11-20(12-10-17)32-19-7-5-4-6-8-19;1-26(2,3)34-25(31)28-15-13-18(14-16-28)23-27-21(22(33-23)24(29)30)17-9-11-20(12-10-17)32-19-7-5-4-6-8-19;1-2-3(4)5/h2*4-12,18H,13-16H2,1-3H3,(H2,27,30);4-12,18H,13-16H2,1-3H3,(H,29,30);2H,1H2. The number of carboxylic acids is 1. The molecule has 0 spiro atoms. The van der Waals surface area contributed by atoms with Gasteiger partial charge >= 0.3 is 24.2 Å². The summed E-state index contributed by atoms with van der Waals surface area (Å²) in [5, 5.41) is 9.17. The van der Waals surface area contributed by atoms with E-state index in [1.54, 1.807) is 63.2 Å². The number of likely N-dealkylation sites (tertiary alicyclic amines) is 3. The van der Waals surface area contributed by atoms with Gasteiger partial charge in [-0.1, -0.05) is 61.2 Å². The van der Waals surface area contributed by atoms with E-state index in [2.05, 4.69) is 21.5 Å². The number of aromatic nitrogens is 3. The number of halogens is 1. The van der Waals surface area contributed by atoms with E-state index in [1.165, 1.54) is 0 Å². The summed E-state index contributed by atoms with van der Waals surface area (Å²) in [5.41, 5.74) is 12.7. The Morgan fingerprint density at radius 3 is 0.850 bits per heavy atom. The van der Waals surface area contributed by atoms with Gasteiger partial charge in [0, 0.05) is 73.7 Å². The topological polar surface area (TPSA) is 335 Å². The highest BCUT2D eigenvalue weighted by Crippen LogP contribution is 2.38. The highest BCUT2D eigenvalue weighted by molar-refractivity contribution is 6.66. The Balaban J connectivity index is 0.000000179. The van der Waals surface area contributed by atoms with Crippen LogP contribution >= 0.6 is 11.6 Å². The number of carbonyl (C=O) groups is 7. The number of hydrogen-bond acceptors (Lipinski definition) is 19. The largest absolute Gasteiger partial charge is 0.475 e. The van der Waals surface area contributed by atoms with Crippen LogP contribution in [0.1, 0.15) is 168 Å². The van der Waals surface area contributed by atoms with Gasteiger partial charge in [-0.3, -0.25) is 14.4 Å². The van der Waals surface area contributed by atoms with E-state index in [0.717, 1.165) is 17.6 Å². The maximum atomic E-state index is 12.3. The predicted molar refractivity (Wildman–Crippen MR) is 400 cm³/mol. The van der Waals surface area contributed by atoms with Gasteiger partial charge in [0.15, 0.2) is 17.7 Å². The number of piperidine rings is 3. The first-order valence-corrected chi connectivity index (χ1v) is 35.3. The molecule has 3 fully saturated rings. The van der Waals surface area contributed by atoms with Crippen LogP contribution in [0.5, 0.6) is 34.5 Å².